The highest BCUT2D eigenvalue weighted by atomic mass is 32.2. The van der Waals surface area contributed by atoms with Crippen LogP contribution in [-0.4, -0.2) is 37.1 Å². The number of aromatic nitrogens is 1. The minimum Gasteiger partial charge on any atom is -0.367 e. The van der Waals surface area contributed by atoms with Gasteiger partial charge in [-0.3, -0.25) is 4.79 Å². The summed E-state index contributed by atoms with van der Waals surface area (Å²) in [6, 6.07) is 12.3. The second-order valence-electron chi connectivity index (χ2n) is 9.76. The molecule has 1 saturated carbocycles. The molecule has 1 fully saturated rings. The molecule has 1 amide bonds. The van der Waals surface area contributed by atoms with Crippen LogP contribution < -0.4 is 10.6 Å². The number of sulfone groups is 1. The summed E-state index contributed by atoms with van der Waals surface area (Å²) in [4.78, 5) is 16.1. The SMILES string of the molecule is O=C1NCC(F)(F)c2ccc(-c3ccc(S(=O)(=O)C4CCC(Nc5ccc(C(F)(F)F)cn5)CC4)cc3)cc21. The largest absolute Gasteiger partial charge is 0.417 e. The van der Waals surface area contributed by atoms with Gasteiger partial charge in [-0.2, -0.15) is 22.0 Å². The monoisotopic (exact) mass is 565 g/mol. The molecule has 2 aliphatic rings. The van der Waals surface area contributed by atoms with Crippen molar-refractivity contribution in [3.8, 4) is 11.1 Å². The van der Waals surface area contributed by atoms with Crippen molar-refractivity contribution in [2.45, 2.75) is 54.0 Å². The smallest absolute Gasteiger partial charge is 0.367 e. The normalized spacial score (nSPS) is 21.1. The van der Waals surface area contributed by atoms with Crippen molar-refractivity contribution in [3.05, 3.63) is 77.5 Å². The van der Waals surface area contributed by atoms with Gasteiger partial charge in [0.2, 0.25) is 0 Å². The van der Waals surface area contributed by atoms with Crippen LogP contribution >= 0.6 is 0 Å². The third kappa shape index (κ3) is 5.47. The molecule has 0 saturated heterocycles. The van der Waals surface area contributed by atoms with Crippen LogP contribution in [0, 0.1) is 0 Å². The van der Waals surface area contributed by atoms with Crippen molar-refractivity contribution in [1.82, 2.24) is 10.3 Å². The molecule has 39 heavy (non-hydrogen) atoms. The van der Waals surface area contributed by atoms with Gasteiger partial charge in [-0.25, -0.2) is 13.4 Å². The molecule has 0 radical (unpaired) electrons. The lowest BCUT2D eigenvalue weighted by Gasteiger charge is -2.29. The van der Waals surface area contributed by atoms with E-state index in [0.29, 0.717) is 42.6 Å². The van der Waals surface area contributed by atoms with E-state index in [-0.39, 0.29) is 22.1 Å². The Balaban J connectivity index is 1.24. The number of nitrogens with one attached hydrogen (secondary N) is 2. The molecule has 2 N–H and O–H groups in total. The van der Waals surface area contributed by atoms with Crippen LogP contribution in [0.2, 0.25) is 0 Å². The molecule has 0 unspecified atom stereocenters. The summed E-state index contributed by atoms with van der Waals surface area (Å²) in [5.41, 5.74) is -0.206. The second-order valence-corrected chi connectivity index (χ2v) is 12.0. The maximum atomic E-state index is 14.1. The maximum Gasteiger partial charge on any atom is 0.417 e. The van der Waals surface area contributed by atoms with Gasteiger partial charge in [0.05, 0.1) is 22.3 Å². The van der Waals surface area contributed by atoms with Gasteiger partial charge in [-0.1, -0.05) is 24.3 Å². The van der Waals surface area contributed by atoms with Crippen molar-refractivity contribution in [2.24, 2.45) is 0 Å². The zero-order valence-electron chi connectivity index (χ0n) is 20.4. The summed E-state index contributed by atoms with van der Waals surface area (Å²) < 4.78 is 93.0. The van der Waals surface area contributed by atoms with Crippen molar-refractivity contribution < 1.29 is 35.2 Å². The number of halogens is 5. The molecule has 0 bridgehead atoms. The zero-order chi connectivity index (χ0) is 28.0. The Labute approximate surface area is 221 Å². The van der Waals surface area contributed by atoms with Gasteiger partial charge >= 0.3 is 6.18 Å². The highest BCUT2D eigenvalue weighted by molar-refractivity contribution is 7.92. The summed E-state index contributed by atoms with van der Waals surface area (Å²) >= 11 is 0. The van der Waals surface area contributed by atoms with Crippen LogP contribution in [0.4, 0.5) is 27.8 Å². The summed E-state index contributed by atoms with van der Waals surface area (Å²) in [7, 11) is -3.65. The minimum absolute atomic E-state index is 0.114. The lowest BCUT2D eigenvalue weighted by atomic mass is 9.93. The van der Waals surface area contributed by atoms with Gasteiger partial charge < -0.3 is 10.6 Å². The first-order chi connectivity index (χ1) is 18.3. The molecule has 0 atom stereocenters. The first-order valence-electron chi connectivity index (χ1n) is 12.3. The Kier molecular flexibility index (Phi) is 6.86. The zero-order valence-corrected chi connectivity index (χ0v) is 21.3. The molecule has 1 aliphatic carbocycles. The summed E-state index contributed by atoms with van der Waals surface area (Å²) in [5.74, 6) is -3.45. The van der Waals surface area contributed by atoms with Crippen LogP contribution in [-0.2, 0) is 21.9 Å². The Morgan fingerprint density at radius 2 is 1.59 bits per heavy atom. The number of rotatable bonds is 5. The standard InChI is InChI=1S/C27H24F5N3O3S/c28-26(29)15-34-25(36)22-13-17(3-11-23(22)26)16-1-7-20(8-2-16)39(37,38)21-9-5-19(6-10-21)35-24-12-4-18(14-33-24)27(30,31)32/h1-4,7-8,11-14,19,21H,5-6,9-10,15H2,(H,33,35)(H,34,36). The Morgan fingerprint density at radius 3 is 2.21 bits per heavy atom. The number of hydrogen-bond acceptors (Lipinski definition) is 5. The molecular weight excluding hydrogens is 541 g/mol. The lowest BCUT2D eigenvalue weighted by Crippen LogP contribution is -2.41. The molecule has 0 spiro atoms. The highest BCUT2D eigenvalue weighted by Crippen LogP contribution is 2.36. The first-order valence-corrected chi connectivity index (χ1v) is 13.8. The fraction of sp³-hybridized carbons (Fsp3) is 0.333. The van der Waals surface area contributed by atoms with E-state index >= 15 is 0 Å². The molecule has 6 nitrogen and oxygen atoms in total. The van der Waals surface area contributed by atoms with Crippen LogP contribution in [0.1, 0.15) is 47.2 Å². The Bertz CT molecular complexity index is 1480. The van der Waals surface area contributed by atoms with Gasteiger partial charge in [0, 0.05) is 23.4 Å². The van der Waals surface area contributed by atoms with E-state index in [1.54, 1.807) is 12.1 Å². The number of fused-ring (bicyclic) bond motifs is 1. The molecule has 1 aliphatic heterocycles. The van der Waals surface area contributed by atoms with Crippen molar-refractivity contribution in [2.75, 3.05) is 11.9 Å². The highest BCUT2D eigenvalue weighted by Gasteiger charge is 2.40. The van der Waals surface area contributed by atoms with E-state index in [0.717, 1.165) is 12.3 Å². The maximum absolute atomic E-state index is 14.1. The van der Waals surface area contributed by atoms with Gasteiger partial charge in [0.1, 0.15) is 5.82 Å². The van der Waals surface area contributed by atoms with Crippen molar-refractivity contribution >= 4 is 21.6 Å². The molecule has 1 aromatic heterocycles. The average molecular weight is 566 g/mol. The van der Waals surface area contributed by atoms with E-state index < -0.39 is 45.2 Å². The van der Waals surface area contributed by atoms with E-state index in [1.165, 1.54) is 36.4 Å². The molecule has 2 aromatic carbocycles. The van der Waals surface area contributed by atoms with E-state index in [9.17, 15) is 35.2 Å². The topological polar surface area (TPSA) is 88.2 Å². The molecule has 5 rings (SSSR count). The molecular formula is C27H24F5N3O3S. The number of amides is 1. The average Bonchev–Trinajstić information content (AvgIpc) is 2.91. The molecule has 3 aromatic rings. The van der Waals surface area contributed by atoms with Crippen LogP contribution in [0.15, 0.2) is 65.7 Å². The Hall–Kier alpha value is -3.54. The van der Waals surface area contributed by atoms with Gasteiger partial charge in [0.25, 0.3) is 11.8 Å². The third-order valence-corrected chi connectivity index (χ3v) is 9.48. The van der Waals surface area contributed by atoms with Crippen LogP contribution in [0.25, 0.3) is 11.1 Å². The molecule has 206 valence electrons. The number of hydrogen-bond donors (Lipinski definition) is 2. The van der Waals surface area contributed by atoms with Crippen molar-refractivity contribution in [3.63, 3.8) is 0 Å². The number of nitrogens with zero attached hydrogens (tertiary/aromatic N) is 1. The summed E-state index contributed by atoms with van der Waals surface area (Å²) in [6.07, 6.45) is -1.95. The predicted octanol–water partition coefficient (Wildman–Crippen LogP) is 5.80. The minimum atomic E-state index is -4.47. The third-order valence-electron chi connectivity index (χ3n) is 7.20. The van der Waals surface area contributed by atoms with Gasteiger partial charge in [-0.05, 0) is 67.1 Å². The quantitative estimate of drug-likeness (QED) is 0.382. The first kappa shape index (κ1) is 27.0. The molecule has 2 heterocycles. The number of carbonyl (C=O) groups excluding carboxylic acids is 1. The molecule has 12 heteroatoms. The van der Waals surface area contributed by atoms with Gasteiger partial charge in [0.15, 0.2) is 9.84 Å². The summed E-state index contributed by atoms with van der Waals surface area (Å²) in [5, 5.41) is 4.64. The lowest BCUT2D eigenvalue weighted by molar-refractivity contribution is -0.137. The fourth-order valence-electron chi connectivity index (χ4n) is 5.02. The predicted molar refractivity (Wildman–Crippen MR) is 134 cm³/mol. The van der Waals surface area contributed by atoms with Crippen molar-refractivity contribution in [1.29, 1.82) is 0 Å². The number of carbonyl (C=O) groups is 1. The van der Waals surface area contributed by atoms with E-state index in [4.69, 9.17) is 0 Å². The van der Waals surface area contributed by atoms with Crippen LogP contribution in [0.5, 0.6) is 0 Å². The van der Waals surface area contributed by atoms with Crippen LogP contribution in [0.3, 0.4) is 0 Å². The number of pyridine rings is 1. The van der Waals surface area contributed by atoms with Gasteiger partial charge in [-0.15, -0.1) is 0 Å². The Morgan fingerprint density at radius 1 is 0.923 bits per heavy atom. The van der Waals surface area contributed by atoms with E-state index in [1.807, 2.05) is 0 Å². The number of alkyl halides is 5. The summed E-state index contributed by atoms with van der Waals surface area (Å²) in [6.45, 7) is -0.755. The van der Waals surface area contributed by atoms with E-state index in [2.05, 4.69) is 15.6 Å². The fourth-order valence-corrected chi connectivity index (χ4v) is 6.81. The number of anilines is 1. The second kappa shape index (κ2) is 9.89. The number of benzene rings is 2.